The van der Waals surface area contributed by atoms with E-state index in [0.717, 1.165) is 12.3 Å². The van der Waals surface area contributed by atoms with Gasteiger partial charge in [0.15, 0.2) is 0 Å². The van der Waals surface area contributed by atoms with Crippen LogP contribution in [0.3, 0.4) is 0 Å². The van der Waals surface area contributed by atoms with E-state index in [2.05, 4.69) is 4.98 Å². The highest BCUT2D eigenvalue weighted by Crippen LogP contribution is 2.28. The number of anilines is 1. The van der Waals surface area contributed by atoms with Crippen LogP contribution in [0.25, 0.3) is 0 Å². The predicted octanol–water partition coefficient (Wildman–Crippen LogP) is 2.08. The van der Waals surface area contributed by atoms with Gasteiger partial charge in [-0.25, -0.2) is 4.98 Å². The molecule has 6 heteroatoms. The molecular weight excluding hydrogens is 209 g/mol. The standard InChI is InChI=1S/C9H9F3N2O/c1-6(15)14(2)7-3-4-8(13-5-7)9(10,11)12/h3-5H,1-2H3. The second-order valence-corrected chi connectivity index (χ2v) is 2.98. The molecule has 0 spiro atoms. The first-order valence-electron chi connectivity index (χ1n) is 4.10. The number of hydrogen-bond donors (Lipinski definition) is 0. The van der Waals surface area contributed by atoms with E-state index in [4.69, 9.17) is 0 Å². The normalized spacial score (nSPS) is 11.3. The molecule has 0 N–H and O–H groups in total. The Morgan fingerprint density at radius 3 is 2.33 bits per heavy atom. The largest absolute Gasteiger partial charge is 0.433 e. The topological polar surface area (TPSA) is 33.2 Å². The first-order chi connectivity index (χ1) is 6.82. The summed E-state index contributed by atoms with van der Waals surface area (Å²) >= 11 is 0. The van der Waals surface area contributed by atoms with E-state index in [9.17, 15) is 18.0 Å². The number of hydrogen-bond acceptors (Lipinski definition) is 2. The lowest BCUT2D eigenvalue weighted by molar-refractivity contribution is -0.141. The summed E-state index contributed by atoms with van der Waals surface area (Å²) in [4.78, 5) is 15.4. The van der Waals surface area contributed by atoms with Crippen molar-refractivity contribution >= 4 is 11.6 Å². The Kier molecular flexibility index (Phi) is 2.97. The van der Waals surface area contributed by atoms with Crippen LogP contribution in [-0.2, 0) is 11.0 Å². The van der Waals surface area contributed by atoms with Crippen LogP contribution < -0.4 is 4.90 Å². The Hall–Kier alpha value is -1.59. The molecule has 3 nitrogen and oxygen atoms in total. The van der Waals surface area contributed by atoms with Crippen molar-refractivity contribution < 1.29 is 18.0 Å². The van der Waals surface area contributed by atoms with Crippen LogP contribution in [0.1, 0.15) is 12.6 Å². The van der Waals surface area contributed by atoms with Gasteiger partial charge in [-0.3, -0.25) is 4.79 Å². The summed E-state index contributed by atoms with van der Waals surface area (Å²) < 4.78 is 36.4. The lowest BCUT2D eigenvalue weighted by Gasteiger charge is -2.14. The Morgan fingerprint density at radius 1 is 1.40 bits per heavy atom. The van der Waals surface area contributed by atoms with Crippen molar-refractivity contribution in [2.45, 2.75) is 13.1 Å². The van der Waals surface area contributed by atoms with Gasteiger partial charge in [-0.05, 0) is 12.1 Å². The molecule has 1 aromatic heterocycles. The van der Waals surface area contributed by atoms with Gasteiger partial charge >= 0.3 is 6.18 Å². The summed E-state index contributed by atoms with van der Waals surface area (Å²) in [5.74, 6) is -0.267. The van der Waals surface area contributed by atoms with Gasteiger partial charge in [0.1, 0.15) is 5.69 Å². The highest BCUT2D eigenvalue weighted by atomic mass is 19.4. The molecule has 1 amide bonds. The molecule has 0 aliphatic rings. The zero-order valence-electron chi connectivity index (χ0n) is 8.17. The maximum Gasteiger partial charge on any atom is 0.433 e. The highest BCUT2D eigenvalue weighted by Gasteiger charge is 2.32. The summed E-state index contributed by atoms with van der Waals surface area (Å²) in [5, 5.41) is 0. The summed E-state index contributed by atoms with van der Waals surface area (Å²) in [6, 6.07) is 2.05. The van der Waals surface area contributed by atoms with E-state index in [1.807, 2.05) is 0 Å². The second-order valence-electron chi connectivity index (χ2n) is 2.98. The van der Waals surface area contributed by atoms with Crippen LogP contribution >= 0.6 is 0 Å². The molecular formula is C9H9F3N2O. The van der Waals surface area contributed by atoms with Crippen molar-refractivity contribution in [3.05, 3.63) is 24.0 Å². The molecule has 1 aromatic rings. The maximum atomic E-state index is 12.1. The Morgan fingerprint density at radius 2 is 2.00 bits per heavy atom. The van der Waals surface area contributed by atoms with Gasteiger partial charge in [-0.2, -0.15) is 13.2 Å². The average molecular weight is 218 g/mol. The Bertz CT molecular complexity index is 359. The van der Waals surface area contributed by atoms with Crippen LogP contribution in [-0.4, -0.2) is 17.9 Å². The Balaban J connectivity index is 2.95. The molecule has 0 radical (unpaired) electrons. The number of rotatable bonds is 1. The fourth-order valence-electron chi connectivity index (χ4n) is 0.934. The van der Waals surface area contributed by atoms with Crippen LogP contribution in [0, 0.1) is 0 Å². The van der Waals surface area contributed by atoms with Crippen LogP contribution in [0.2, 0.25) is 0 Å². The highest BCUT2D eigenvalue weighted by molar-refractivity contribution is 5.90. The summed E-state index contributed by atoms with van der Waals surface area (Å²) in [7, 11) is 1.46. The van der Waals surface area contributed by atoms with Crippen molar-refractivity contribution in [1.82, 2.24) is 4.98 Å². The smallest absolute Gasteiger partial charge is 0.314 e. The summed E-state index contributed by atoms with van der Waals surface area (Å²) in [5.41, 5.74) is -0.640. The molecule has 1 heterocycles. The molecule has 82 valence electrons. The van der Waals surface area contributed by atoms with Gasteiger partial charge in [0.2, 0.25) is 5.91 Å². The third-order valence-electron chi connectivity index (χ3n) is 1.90. The minimum absolute atomic E-state index is 0.267. The van der Waals surface area contributed by atoms with E-state index in [1.54, 1.807) is 0 Å². The third kappa shape index (κ3) is 2.68. The van der Waals surface area contributed by atoms with Crippen molar-refractivity contribution in [2.75, 3.05) is 11.9 Å². The van der Waals surface area contributed by atoms with Gasteiger partial charge in [-0.15, -0.1) is 0 Å². The van der Waals surface area contributed by atoms with Gasteiger partial charge < -0.3 is 4.90 Å². The minimum Gasteiger partial charge on any atom is -0.314 e. The van der Waals surface area contributed by atoms with E-state index in [1.165, 1.54) is 24.9 Å². The number of carbonyl (C=O) groups is 1. The van der Waals surface area contributed by atoms with Crippen molar-refractivity contribution in [3.63, 3.8) is 0 Å². The van der Waals surface area contributed by atoms with Crippen molar-refractivity contribution in [1.29, 1.82) is 0 Å². The second kappa shape index (κ2) is 3.88. The zero-order chi connectivity index (χ0) is 11.6. The van der Waals surface area contributed by atoms with E-state index in [-0.39, 0.29) is 5.91 Å². The maximum absolute atomic E-state index is 12.1. The van der Waals surface area contributed by atoms with E-state index in [0.29, 0.717) is 5.69 Å². The van der Waals surface area contributed by atoms with E-state index < -0.39 is 11.9 Å². The van der Waals surface area contributed by atoms with E-state index >= 15 is 0 Å². The fourth-order valence-corrected chi connectivity index (χ4v) is 0.934. The van der Waals surface area contributed by atoms with Crippen LogP contribution in [0.5, 0.6) is 0 Å². The number of aromatic nitrogens is 1. The molecule has 0 unspecified atom stereocenters. The number of carbonyl (C=O) groups excluding carboxylic acids is 1. The van der Waals surface area contributed by atoms with Crippen molar-refractivity contribution in [3.8, 4) is 0 Å². The number of pyridine rings is 1. The first-order valence-corrected chi connectivity index (χ1v) is 4.10. The first kappa shape index (κ1) is 11.5. The zero-order valence-corrected chi connectivity index (χ0v) is 8.17. The molecule has 0 aromatic carbocycles. The summed E-state index contributed by atoms with van der Waals surface area (Å²) in [6.07, 6.45) is -3.43. The summed E-state index contributed by atoms with van der Waals surface area (Å²) in [6.45, 7) is 1.32. The fraction of sp³-hybridized carbons (Fsp3) is 0.333. The SMILES string of the molecule is CC(=O)N(C)c1ccc(C(F)(F)F)nc1. The number of amides is 1. The Labute approximate surface area is 84.5 Å². The van der Waals surface area contributed by atoms with Gasteiger partial charge in [0.25, 0.3) is 0 Å². The minimum atomic E-state index is -4.45. The molecule has 0 aliphatic heterocycles. The van der Waals surface area contributed by atoms with Gasteiger partial charge in [0, 0.05) is 14.0 Å². The molecule has 1 rings (SSSR count). The molecule has 0 saturated heterocycles. The molecule has 0 fully saturated rings. The predicted molar refractivity (Wildman–Crippen MR) is 48.3 cm³/mol. The van der Waals surface area contributed by atoms with Crippen LogP contribution in [0.4, 0.5) is 18.9 Å². The number of nitrogens with zero attached hydrogens (tertiary/aromatic N) is 2. The van der Waals surface area contributed by atoms with Crippen LogP contribution in [0.15, 0.2) is 18.3 Å². The quantitative estimate of drug-likeness (QED) is 0.723. The van der Waals surface area contributed by atoms with Gasteiger partial charge in [0.05, 0.1) is 11.9 Å². The molecule has 0 bridgehead atoms. The number of alkyl halides is 3. The van der Waals surface area contributed by atoms with Crippen molar-refractivity contribution in [2.24, 2.45) is 0 Å². The monoisotopic (exact) mass is 218 g/mol. The molecule has 0 saturated carbocycles. The molecule has 0 atom stereocenters. The lowest BCUT2D eigenvalue weighted by Crippen LogP contribution is -2.23. The number of halogens is 3. The third-order valence-corrected chi connectivity index (χ3v) is 1.90. The van der Waals surface area contributed by atoms with Gasteiger partial charge in [-0.1, -0.05) is 0 Å². The molecule has 0 aliphatic carbocycles. The molecule has 15 heavy (non-hydrogen) atoms. The average Bonchev–Trinajstić information content (AvgIpc) is 2.15. The lowest BCUT2D eigenvalue weighted by atomic mass is 10.3.